The van der Waals surface area contributed by atoms with E-state index in [0.29, 0.717) is 48.1 Å². The van der Waals surface area contributed by atoms with Gasteiger partial charge in [0.25, 0.3) is 0 Å². The van der Waals surface area contributed by atoms with E-state index in [0.717, 1.165) is 10.9 Å². The first-order valence-corrected chi connectivity index (χ1v) is 9.98. The molecule has 0 amide bonds. The zero-order chi connectivity index (χ0) is 22.9. The van der Waals surface area contributed by atoms with Gasteiger partial charge in [0, 0.05) is 18.0 Å². The Labute approximate surface area is 181 Å². The molecule has 0 saturated carbocycles. The van der Waals surface area contributed by atoms with Crippen LogP contribution in [0, 0.1) is 11.3 Å². The summed E-state index contributed by atoms with van der Waals surface area (Å²) < 4.78 is 46.4. The van der Waals surface area contributed by atoms with Crippen LogP contribution in [-0.2, 0) is 11.3 Å². The molecule has 3 aromatic rings. The Morgan fingerprint density at radius 1 is 1.41 bits per heavy atom. The molecule has 2 N–H and O–H groups in total. The predicted molar refractivity (Wildman–Crippen MR) is 113 cm³/mol. The fourth-order valence-electron chi connectivity index (χ4n) is 4.00. The number of alkyl halides is 3. The van der Waals surface area contributed by atoms with Crippen molar-refractivity contribution >= 4 is 33.9 Å². The number of aliphatic imine (C=N–C) groups is 1. The first kappa shape index (κ1) is 21.7. The number of nitrogens with zero attached hydrogens (tertiary/aromatic N) is 6. The molecule has 3 heterocycles. The molecule has 1 aliphatic heterocycles. The van der Waals surface area contributed by atoms with Crippen LogP contribution in [0.25, 0.3) is 21.9 Å². The second-order valence-corrected chi connectivity index (χ2v) is 7.58. The molecule has 2 aromatic heterocycles. The van der Waals surface area contributed by atoms with Crippen LogP contribution in [0.15, 0.2) is 34.5 Å². The Bertz CT molecular complexity index is 1260. The maximum atomic E-state index is 12.9. The van der Waals surface area contributed by atoms with Gasteiger partial charge in [0.1, 0.15) is 11.3 Å². The molecule has 1 aliphatic rings. The molecule has 0 spiro atoms. The summed E-state index contributed by atoms with van der Waals surface area (Å²) in [7, 11) is 0. The summed E-state index contributed by atoms with van der Waals surface area (Å²) in [6.45, 7) is 2.43. The first-order chi connectivity index (χ1) is 15.3. The number of hydrogen-bond acceptors (Lipinski definition) is 7. The topological polar surface area (TPSA) is 114 Å². The Morgan fingerprint density at radius 2 is 2.22 bits per heavy atom. The summed E-state index contributed by atoms with van der Waals surface area (Å²) in [5.74, 6) is 5.35. The maximum Gasteiger partial charge on any atom is 0.436 e. The minimum absolute atomic E-state index is 0.00977. The van der Waals surface area contributed by atoms with Gasteiger partial charge >= 0.3 is 6.18 Å². The van der Waals surface area contributed by atoms with Crippen LogP contribution >= 0.6 is 0 Å². The van der Waals surface area contributed by atoms with Crippen molar-refractivity contribution in [3.8, 4) is 6.07 Å². The number of nitriles is 1. The van der Waals surface area contributed by atoms with Crippen molar-refractivity contribution in [2.45, 2.75) is 44.6 Å². The number of halogens is 3. The molecule has 1 aromatic carbocycles. The Morgan fingerprint density at radius 3 is 2.91 bits per heavy atom. The number of pyridine rings is 1. The molecule has 1 saturated heterocycles. The molecule has 0 bridgehead atoms. The zero-order valence-corrected chi connectivity index (χ0v) is 17.2. The summed E-state index contributed by atoms with van der Waals surface area (Å²) >= 11 is 0. The van der Waals surface area contributed by atoms with E-state index in [-0.39, 0.29) is 18.7 Å². The van der Waals surface area contributed by atoms with Gasteiger partial charge in [-0.3, -0.25) is 9.98 Å². The van der Waals surface area contributed by atoms with Gasteiger partial charge in [0.05, 0.1) is 47.7 Å². The van der Waals surface area contributed by atoms with Gasteiger partial charge in [-0.05, 0) is 38.0 Å². The molecule has 0 aliphatic carbocycles. The van der Waals surface area contributed by atoms with E-state index in [9.17, 15) is 18.4 Å². The number of rotatable bonds is 4. The summed E-state index contributed by atoms with van der Waals surface area (Å²) in [6.07, 6.45) is -1.01. The monoisotopic (exact) mass is 443 g/mol. The van der Waals surface area contributed by atoms with Crippen LogP contribution in [0.3, 0.4) is 0 Å². The highest BCUT2D eigenvalue weighted by Gasteiger charge is 2.34. The molecular formula is C21H20F3N7O. The fourth-order valence-corrected chi connectivity index (χ4v) is 4.00. The van der Waals surface area contributed by atoms with E-state index in [4.69, 9.17) is 10.6 Å². The zero-order valence-electron chi connectivity index (χ0n) is 17.2. The van der Waals surface area contributed by atoms with Crippen molar-refractivity contribution in [3.05, 3.63) is 35.8 Å². The minimum atomic E-state index is -4.69. The van der Waals surface area contributed by atoms with Gasteiger partial charge in [-0.1, -0.05) is 0 Å². The van der Waals surface area contributed by atoms with Gasteiger partial charge in [-0.2, -0.15) is 23.5 Å². The highest BCUT2D eigenvalue weighted by atomic mass is 19.4. The average Bonchev–Trinajstić information content (AvgIpc) is 3.14. The van der Waals surface area contributed by atoms with Gasteiger partial charge in [0.15, 0.2) is 5.71 Å². The van der Waals surface area contributed by atoms with Gasteiger partial charge in [0.2, 0.25) is 0 Å². The third-order valence-electron chi connectivity index (χ3n) is 5.42. The second-order valence-electron chi connectivity index (χ2n) is 7.58. The quantitative estimate of drug-likeness (QED) is 0.376. The largest absolute Gasteiger partial charge is 0.436 e. The van der Waals surface area contributed by atoms with Gasteiger partial charge in [-0.15, -0.1) is 0 Å². The van der Waals surface area contributed by atoms with Crippen LogP contribution in [0.5, 0.6) is 0 Å². The van der Waals surface area contributed by atoms with Crippen molar-refractivity contribution < 1.29 is 17.9 Å². The summed E-state index contributed by atoms with van der Waals surface area (Å²) in [5.41, 5.74) is 1.27. The number of benzene rings is 1. The summed E-state index contributed by atoms with van der Waals surface area (Å²) in [4.78, 5) is 13.0. The van der Waals surface area contributed by atoms with Crippen LogP contribution in [0.4, 0.5) is 13.2 Å². The lowest BCUT2D eigenvalue weighted by Crippen LogP contribution is -2.27. The standard InChI is InChI=1S/C21H20F3N7O/c1-12-6-14(4-5-32-12)31-19(11-27-10-18(30-26)21(22,23)24)29-17-9-28-16-3-2-13(8-25)7-15(16)20(17)31/h2-3,7,9-10,12,14H,4-6,11,26H2,1H3/t12-,14?/m1/s1. The van der Waals surface area contributed by atoms with Crippen LogP contribution < -0.4 is 5.84 Å². The first-order valence-electron chi connectivity index (χ1n) is 9.98. The molecule has 1 fully saturated rings. The molecule has 4 rings (SSSR count). The van der Waals surface area contributed by atoms with Crippen LogP contribution in [0.2, 0.25) is 0 Å². The second kappa shape index (κ2) is 8.55. The van der Waals surface area contributed by atoms with Gasteiger partial charge < -0.3 is 15.1 Å². The van der Waals surface area contributed by atoms with E-state index in [2.05, 4.69) is 26.1 Å². The molecule has 8 nitrogen and oxygen atoms in total. The number of hydrogen-bond donors (Lipinski definition) is 1. The lowest BCUT2D eigenvalue weighted by atomic mass is 10.0. The predicted octanol–water partition coefficient (Wildman–Crippen LogP) is 3.64. The number of imidazole rings is 1. The molecule has 0 radical (unpaired) electrons. The average molecular weight is 443 g/mol. The minimum Gasteiger partial charge on any atom is -0.378 e. The molecule has 11 heteroatoms. The Kier molecular flexibility index (Phi) is 5.80. The number of fused-ring (bicyclic) bond motifs is 3. The maximum absolute atomic E-state index is 12.9. The molecule has 1 unspecified atom stereocenters. The van der Waals surface area contributed by atoms with Crippen LogP contribution in [-0.4, -0.2) is 45.3 Å². The smallest absolute Gasteiger partial charge is 0.378 e. The third-order valence-corrected chi connectivity index (χ3v) is 5.42. The molecular weight excluding hydrogens is 423 g/mol. The normalized spacial score (nSPS) is 20.3. The number of nitrogens with two attached hydrogens (primary N) is 1. The fraction of sp³-hybridized carbons (Fsp3) is 0.381. The summed E-state index contributed by atoms with van der Waals surface area (Å²) in [5, 5.41) is 12.9. The number of ether oxygens (including phenoxy) is 1. The molecule has 2 atom stereocenters. The lowest BCUT2D eigenvalue weighted by molar-refractivity contribution is -0.0566. The summed E-state index contributed by atoms with van der Waals surface area (Å²) in [6, 6.07) is 7.35. The van der Waals surface area contributed by atoms with E-state index >= 15 is 0 Å². The SMILES string of the molecule is C[C@@H]1CC(n2c(CN=CC(=NN)C(F)(F)F)nc3cnc4ccc(C#N)cc4c32)CCO1. The van der Waals surface area contributed by atoms with E-state index in [1.54, 1.807) is 24.4 Å². The van der Waals surface area contributed by atoms with E-state index in [1.807, 2.05) is 11.5 Å². The van der Waals surface area contributed by atoms with Gasteiger partial charge in [-0.25, -0.2) is 4.98 Å². The Hall–Kier alpha value is -3.52. The van der Waals surface area contributed by atoms with Crippen molar-refractivity contribution in [3.63, 3.8) is 0 Å². The highest BCUT2D eigenvalue weighted by Crippen LogP contribution is 2.34. The number of aromatic nitrogens is 3. The highest BCUT2D eigenvalue weighted by molar-refractivity contribution is 6.33. The van der Waals surface area contributed by atoms with E-state index in [1.165, 1.54) is 0 Å². The Balaban J connectivity index is 1.86. The lowest BCUT2D eigenvalue weighted by Gasteiger charge is -2.30. The third kappa shape index (κ3) is 4.13. The van der Waals surface area contributed by atoms with Crippen molar-refractivity contribution in [2.24, 2.45) is 15.9 Å². The van der Waals surface area contributed by atoms with Crippen molar-refractivity contribution in [1.29, 1.82) is 5.26 Å². The molecule has 32 heavy (non-hydrogen) atoms. The van der Waals surface area contributed by atoms with E-state index < -0.39 is 11.9 Å². The van der Waals surface area contributed by atoms with Crippen molar-refractivity contribution in [1.82, 2.24) is 14.5 Å². The van der Waals surface area contributed by atoms with Crippen LogP contribution in [0.1, 0.15) is 37.2 Å². The molecule has 166 valence electrons. The van der Waals surface area contributed by atoms with Crippen molar-refractivity contribution in [2.75, 3.05) is 6.61 Å². The number of hydrazone groups is 1.